The van der Waals surface area contributed by atoms with E-state index in [-0.39, 0.29) is 11.4 Å². The van der Waals surface area contributed by atoms with E-state index in [9.17, 15) is 24.1 Å². The molecule has 6 N–H and O–H groups in total. The molecule has 1 aliphatic heterocycles. The molecule has 1 saturated heterocycles. The van der Waals surface area contributed by atoms with Crippen LogP contribution in [0.25, 0.3) is 11.2 Å². The number of anilines is 1. The minimum Gasteiger partial charge on any atom is -0.387 e. The van der Waals surface area contributed by atoms with Crippen molar-refractivity contribution in [1.82, 2.24) is 15.0 Å². The molecule has 11 heteroatoms. The topological polar surface area (TPSA) is 141 Å². The summed E-state index contributed by atoms with van der Waals surface area (Å²) in [5, 5.41) is 31.2. The second-order valence-corrected chi connectivity index (χ2v) is 6.23. The van der Waals surface area contributed by atoms with Gasteiger partial charge in [0.1, 0.15) is 24.4 Å². The number of H-pyrrole nitrogens is 1. The van der Waals surface area contributed by atoms with Gasteiger partial charge in [0, 0.05) is 0 Å². The summed E-state index contributed by atoms with van der Waals surface area (Å²) >= 11 is 0. The molecule has 0 unspecified atom stereocenters. The zero-order valence-electron chi connectivity index (χ0n) is 13.7. The van der Waals surface area contributed by atoms with E-state index < -0.39 is 42.3 Å². The fraction of sp³-hybridized carbons (Fsp3) is 0.312. The number of ether oxygens (including phenoxy) is 1. The molecule has 0 saturated carbocycles. The lowest BCUT2D eigenvalue weighted by atomic mass is 9.99. The molecule has 1 aliphatic rings. The Hall–Kier alpha value is -2.73. The molecule has 2 aromatic heterocycles. The summed E-state index contributed by atoms with van der Waals surface area (Å²) < 4.78 is 33.6. The number of rotatable bonds is 3. The highest BCUT2D eigenvalue weighted by Gasteiger charge is 2.49. The van der Waals surface area contributed by atoms with E-state index in [1.165, 1.54) is 23.3 Å². The predicted octanol–water partition coefficient (Wildman–Crippen LogP) is -0.541. The van der Waals surface area contributed by atoms with Crippen LogP contribution in [0.3, 0.4) is 0 Å². The summed E-state index contributed by atoms with van der Waals surface area (Å²) in [6.07, 6.45) is -4.14. The van der Waals surface area contributed by atoms with Crippen LogP contribution in [0.15, 0.2) is 30.9 Å². The minimum atomic E-state index is -1.50. The van der Waals surface area contributed by atoms with Crippen LogP contribution in [0.1, 0.15) is 17.9 Å². The molecule has 0 bridgehead atoms. The molecule has 1 fully saturated rings. The summed E-state index contributed by atoms with van der Waals surface area (Å²) in [5.74, 6) is -2.03. The van der Waals surface area contributed by atoms with Gasteiger partial charge in [-0.05, 0) is 17.7 Å². The summed E-state index contributed by atoms with van der Waals surface area (Å²) in [6, 6.07) is 2.84. The number of halogens is 2. The maximum atomic E-state index is 13.4. The zero-order valence-corrected chi connectivity index (χ0v) is 13.7. The highest BCUT2D eigenvalue weighted by molar-refractivity contribution is 5.77. The molecular formula is C16H16F2N5O4+. The molecule has 9 nitrogen and oxygen atoms in total. The van der Waals surface area contributed by atoms with Crippen LogP contribution < -0.4 is 10.3 Å². The number of hydrogen-bond donors (Lipinski definition) is 5. The SMILES string of the molecule is Nc1ncnc2c1[nH]c[n+]2[C@@H]1O[C@H]([C@H](O)c2ccc(F)c(F)c2)[C@@H](O)[C@H]1O. The lowest BCUT2D eigenvalue weighted by Gasteiger charge is -2.21. The fourth-order valence-electron chi connectivity index (χ4n) is 3.18. The van der Waals surface area contributed by atoms with E-state index in [2.05, 4.69) is 15.0 Å². The number of imidazole rings is 1. The summed E-state index contributed by atoms with van der Waals surface area (Å²) in [7, 11) is 0. The number of aliphatic hydroxyl groups excluding tert-OH is 3. The Bertz CT molecular complexity index is 1000. The number of benzene rings is 1. The van der Waals surface area contributed by atoms with Gasteiger partial charge in [0.25, 0.3) is 0 Å². The smallest absolute Gasteiger partial charge is 0.309 e. The molecule has 0 aliphatic carbocycles. The second-order valence-electron chi connectivity index (χ2n) is 6.23. The van der Waals surface area contributed by atoms with E-state index in [0.717, 1.165) is 12.1 Å². The van der Waals surface area contributed by atoms with Crippen LogP contribution >= 0.6 is 0 Å². The first-order valence-electron chi connectivity index (χ1n) is 8.01. The third kappa shape index (κ3) is 2.80. The van der Waals surface area contributed by atoms with E-state index in [1.807, 2.05) is 0 Å². The van der Waals surface area contributed by atoms with Crippen molar-refractivity contribution in [3.8, 4) is 0 Å². The van der Waals surface area contributed by atoms with E-state index in [0.29, 0.717) is 11.2 Å². The second kappa shape index (κ2) is 6.46. The van der Waals surface area contributed by atoms with Crippen LogP contribution in [0.2, 0.25) is 0 Å². The van der Waals surface area contributed by atoms with Crippen molar-refractivity contribution in [2.75, 3.05) is 5.73 Å². The molecule has 0 spiro atoms. The Morgan fingerprint density at radius 2 is 1.96 bits per heavy atom. The Morgan fingerprint density at radius 3 is 2.70 bits per heavy atom. The van der Waals surface area contributed by atoms with Crippen molar-refractivity contribution in [3.05, 3.63) is 48.1 Å². The molecular weight excluding hydrogens is 364 g/mol. The van der Waals surface area contributed by atoms with Crippen LogP contribution in [-0.2, 0) is 4.74 Å². The average molecular weight is 380 g/mol. The summed E-state index contributed by atoms with van der Waals surface area (Å²) in [6.45, 7) is 0. The molecule has 0 amide bonds. The largest absolute Gasteiger partial charge is 0.387 e. The van der Waals surface area contributed by atoms with Gasteiger partial charge < -0.3 is 25.8 Å². The minimum absolute atomic E-state index is 0.00120. The first-order chi connectivity index (χ1) is 12.9. The normalized spacial score (nSPS) is 26.6. The van der Waals surface area contributed by atoms with Crippen molar-refractivity contribution in [2.24, 2.45) is 0 Å². The third-order valence-corrected chi connectivity index (χ3v) is 4.59. The van der Waals surface area contributed by atoms with Crippen molar-refractivity contribution in [3.63, 3.8) is 0 Å². The van der Waals surface area contributed by atoms with Gasteiger partial charge in [0.2, 0.25) is 11.7 Å². The Labute approximate surface area is 150 Å². The van der Waals surface area contributed by atoms with Crippen LogP contribution in [0.4, 0.5) is 14.6 Å². The number of aromatic amines is 1. The first-order valence-corrected chi connectivity index (χ1v) is 8.01. The number of nitrogens with zero attached hydrogens (tertiary/aromatic N) is 3. The molecule has 27 heavy (non-hydrogen) atoms. The van der Waals surface area contributed by atoms with Crippen molar-refractivity contribution in [1.29, 1.82) is 0 Å². The Balaban J connectivity index is 1.66. The number of aliphatic hydroxyl groups is 3. The van der Waals surface area contributed by atoms with Gasteiger partial charge in [-0.1, -0.05) is 11.1 Å². The standard InChI is InChI=1S/C16H15F2N5O4/c17-7-2-1-6(3-8(7)18)10(24)13-11(25)12(26)16(27-13)23-5-22-9-14(19)20-4-21-15(9)23/h1-5,10-13,16,24-26H,(H2,19,20,21)/p+1/t10-,11+,12-,13-,16-/m1/s1. The summed E-state index contributed by atoms with van der Waals surface area (Å²) in [5.41, 5.74) is 6.49. The van der Waals surface area contributed by atoms with Crippen LogP contribution in [-0.4, -0.2) is 48.6 Å². The highest BCUT2D eigenvalue weighted by atomic mass is 19.2. The van der Waals surface area contributed by atoms with Gasteiger partial charge in [-0.2, -0.15) is 4.98 Å². The molecule has 1 aromatic carbocycles. The average Bonchev–Trinajstić information content (AvgIpc) is 3.20. The maximum Gasteiger partial charge on any atom is 0.309 e. The molecule has 4 rings (SSSR count). The Kier molecular flexibility index (Phi) is 4.23. The van der Waals surface area contributed by atoms with Gasteiger partial charge >= 0.3 is 5.65 Å². The van der Waals surface area contributed by atoms with E-state index in [4.69, 9.17) is 10.5 Å². The highest BCUT2D eigenvalue weighted by Crippen LogP contribution is 2.34. The number of hydrogen-bond acceptors (Lipinski definition) is 7. The van der Waals surface area contributed by atoms with Gasteiger partial charge in [-0.25, -0.2) is 13.3 Å². The van der Waals surface area contributed by atoms with Crippen molar-refractivity contribution >= 4 is 17.0 Å². The van der Waals surface area contributed by atoms with Crippen LogP contribution in [0.5, 0.6) is 0 Å². The van der Waals surface area contributed by atoms with Gasteiger partial charge in [-0.3, -0.25) is 4.98 Å². The molecule has 3 aromatic rings. The quantitative estimate of drug-likeness (QED) is 0.384. The first kappa shape index (κ1) is 17.7. The monoisotopic (exact) mass is 380 g/mol. The third-order valence-electron chi connectivity index (χ3n) is 4.59. The van der Waals surface area contributed by atoms with Gasteiger partial charge in [0.05, 0.1) is 0 Å². The molecule has 3 heterocycles. The number of fused-ring (bicyclic) bond motifs is 1. The van der Waals surface area contributed by atoms with Gasteiger partial charge in [0.15, 0.2) is 30.1 Å². The molecule has 142 valence electrons. The Morgan fingerprint density at radius 1 is 1.19 bits per heavy atom. The van der Waals surface area contributed by atoms with Gasteiger partial charge in [-0.15, -0.1) is 0 Å². The maximum absolute atomic E-state index is 13.4. The molecule has 5 atom stereocenters. The lowest BCUT2D eigenvalue weighted by Crippen LogP contribution is -2.45. The summed E-state index contributed by atoms with van der Waals surface area (Å²) in [4.78, 5) is 10.8. The number of nitrogen functional groups attached to an aromatic ring is 1. The number of nitrogens with one attached hydrogen (secondary N) is 1. The zero-order chi connectivity index (χ0) is 19.3. The van der Waals surface area contributed by atoms with E-state index in [1.54, 1.807) is 0 Å². The lowest BCUT2D eigenvalue weighted by molar-refractivity contribution is -0.745. The van der Waals surface area contributed by atoms with Crippen molar-refractivity contribution < 1.29 is 33.4 Å². The number of nitrogens with two attached hydrogens (primary N) is 1. The number of aromatic nitrogens is 4. The fourth-order valence-corrected chi connectivity index (χ4v) is 3.18. The van der Waals surface area contributed by atoms with Crippen LogP contribution in [0, 0.1) is 11.6 Å². The molecule has 0 radical (unpaired) electrons. The van der Waals surface area contributed by atoms with Crippen molar-refractivity contribution in [2.45, 2.75) is 30.6 Å². The van der Waals surface area contributed by atoms with E-state index >= 15 is 0 Å². The predicted molar refractivity (Wildman–Crippen MR) is 85.7 cm³/mol.